The molecule has 14 rings (SSSR count). The minimum Gasteiger partial charge on any atom is -0.309 e. The molecule has 14 aromatic rings. The van der Waals surface area contributed by atoms with Gasteiger partial charge < -0.3 is 18.3 Å². The summed E-state index contributed by atoms with van der Waals surface area (Å²) in [5.41, 5.74) is 11.2. The molecule has 0 unspecified atom stereocenters. The Hall–Kier alpha value is -8.60. The van der Waals surface area contributed by atoms with Crippen molar-refractivity contribution in [3.63, 3.8) is 0 Å². The van der Waals surface area contributed by atoms with Crippen LogP contribution in [0, 0.1) is 0 Å². The number of aromatic nitrogens is 4. The lowest BCUT2D eigenvalue weighted by Gasteiger charge is -2.19. The molecule has 0 fully saturated rings. The van der Waals surface area contributed by atoms with Crippen LogP contribution in [-0.2, 0) is 0 Å². The maximum atomic E-state index is 9.20. The van der Waals surface area contributed by atoms with Crippen LogP contribution < -0.4 is 0 Å². The third-order valence-corrected chi connectivity index (χ3v) is 12.9. The van der Waals surface area contributed by atoms with Crippen LogP contribution in [0.15, 0.2) is 230 Å². The van der Waals surface area contributed by atoms with Gasteiger partial charge in [-0.1, -0.05) is 151 Å². The van der Waals surface area contributed by atoms with Crippen LogP contribution in [0.2, 0.25) is 0 Å². The molecule has 4 heterocycles. The zero-order valence-electron chi connectivity index (χ0n) is 44.0. The van der Waals surface area contributed by atoms with Gasteiger partial charge in [-0.15, -0.1) is 0 Å². The molecule has 64 heavy (non-hydrogen) atoms. The fraction of sp³-hybridized carbons (Fsp3) is 0. The van der Waals surface area contributed by atoms with Gasteiger partial charge in [-0.05, 0) is 90.0 Å². The van der Waals surface area contributed by atoms with Gasteiger partial charge in [0.25, 0.3) is 0 Å². The second-order valence-electron chi connectivity index (χ2n) is 16.2. The molecule has 0 aliphatic heterocycles. The van der Waals surface area contributed by atoms with Crippen molar-refractivity contribution in [2.24, 2.45) is 0 Å². The van der Waals surface area contributed by atoms with Gasteiger partial charge in [0.05, 0.1) is 63.5 Å². The molecule has 0 aliphatic carbocycles. The van der Waals surface area contributed by atoms with E-state index in [0.29, 0.717) is 16.7 Å². The van der Waals surface area contributed by atoms with E-state index in [9.17, 15) is 5.48 Å². The molecule has 0 saturated heterocycles. The number of fused-ring (bicyclic) bond motifs is 6. The van der Waals surface area contributed by atoms with E-state index in [1.54, 1.807) is 18.2 Å². The van der Waals surface area contributed by atoms with E-state index in [0.717, 1.165) is 82.5 Å². The summed E-state index contributed by atoms with van der Waals surface area (Å²) < 4.78 is 97.5. The zero-order valence-corrected chi connectivity index (χ0v) is 34.0. The van der Waals surface area contributed by atoms with Gasteiger partial charge >= 0.3 is 0 Å². The normalized spacial score (nSPS) is 14.2. The lowest BCUT2D eigenvalue weighted by atomic mass is 9.95. The molecule has 298 valence electrons. The average molecular weight is 825 g/mol. The van der Waals surface area contributed by atoms with E-state index < -0.39 is 60.4 Å². The van der Waals surface area contributed by atoms with Crippen molar-refractivity contribution < 1.29 is 13.7 Å². The molecule has 4 heteroatoms. The van der Waals surface area contributed by atoms with E-state index >= 15 is 0 Å². The monoisotopic (exact) mass is 824 g/mol. The first kappa shape index (κ1) is 26.7. The number of hydrogen-bond acceptors (Lipinski definition) is 0. The lowest BCUT2D eigenvalue weighted by Crippen LogP contribution is -2.02. The van der Waals surface area contributed by atoms with Crippen molar-refractivity contribution in [1.29, 1.82) is 0 Å². The maximum absolute atomic E-state index is 9.20. The highest BCUT2D eigenvalue weighted by molar-refractivity contribution is 6.26. The predicted octanol–water partition coefficient (Wildman–Crippen LogP) is 15.7. The number of hydrogen-bond donors (Lipinski definition) is 0. The molecule has 4 aromatic heterocycles. The minimum atomic E-state index is -0.546. The first-order valence-electron chi connectivity index (χ1n) is 26.2. The topological polar surface area (TPSA) is 19.7 Å². The summed E-state index contributed by atoms with van der Waals surface area (Å²) in [6.07, 6.45) is 0. The number of benzene rings is 10. The molecule has 0 atom stereocenters. The highest BCUT2D eigenvalue weighted by Crippen LogP contribution is 2.46. The van der Waals surface area contributed by atoms with Crippen molar-refractivity contribution >= 4 is 76.5 Å². The summed E-state index contributed by atoms with van der Waals surface area (Å²) in [7, 11) is 0. The highest BCUT2D eigenvalue weighted by atomic mass is 15.0. The first-order chi connectivity index (χ1) is 35.9. The number of para-hydroxylation sites is 4. The average Bonchev–Trinajstić information content (AvgIpc) is 4.16. The van der Waals surface area contributed by atoms with Crippen LogP contribution in [-0.4, -0.2) is 18.3 Å². The van der Waals surface area contributed by atoms with Gasteiger partial charge in [0.15, 0.2) is 0 Å². The van der Waals surface area contributed by atoms with Crippen LogP contribution >= 0.6 is 0 Å². The van der Waals surface area contributed by atoms with Crippen molar-refractivity contribution in [2.75, 3.05) is 0 Å². The molecule has 0 spiro atoms. The quantitative estimate of drug-likeness (QED) is 0.159. The van der Waals surface area contributed by atoms with Crippen molar-refractivity contribution in [1.82, 2.24) is 18.3 Å². The second kappa shape index (κ2) is 13.4. The van der Waals surface area contributed by atoms with E-state index in [4.69, 9.17) is 8.22 Å². The summed E-state index contributed by atoms with van der Waals surface area (Å²) in [4.78, 5) is 0. The SMILES string of the molecule is [2H]c1c([2H])c([2H])c(-c2cccc(-c3c([2H])c([2H])c([2H])c([2H])c3[2H])c2-n2c3ccccc3c3ccc(-n4c5cccc6c5c5c(cccc54)n6-c4ccc5c(c4)c4ccccc4n5-c4ccccc4)cc32)c([2H])c1[2H]. The fourth-order valence-electron chi connectivity index (χ4n) is 10.4. The summed E-state index contributed by atoms with van der Waals surface area (Å²) in [6, 6.07) is 52.5. The molecule has 0 saturated carbocycles. The highest BCUT2D eigenvalue weighted by Gasteiger charge is 2.25. The molecule has 4 nitrogen and oxygen atoms in total. The van der Waals surface area contributed by atoms with Gasteiger partial charge in [0.2, 0.25) is 0 Å². The molecular weight excluding hydrogens is 777 g/mol. The van der Waals surface area contributed by atoms with E-state index in [1.807, 2.05) is 34.9 Å². The summed E-state index contributed by atoms with van der Waals surface area (Å²) in [5, 5.41) is 6.20. The molecule has 0 aliphatic rings. The van der Waals surface area contributed by atoms with Crippen LogP contribution in [0.1, 0.15) is 13.7 Å². The van der Waals surface area contributed by atoms with Crippen molar-refractivity contribution in [3.05, 3.63) is 230 Å². The van der Waals surface area contributed by atoms with E-state index in [1.165, 1.54) is 0 Å². The number of nitrogens with zero attached hydrogens (tertiary/aromatic N) is 4. The summed E-state index contributed by atoms with van der Waals surface area (Å²) in [6.45, 7) is 0. The molecule has 10 aromatic carbocycles. The van der Waals surface area contributed by atoms with E-state index in [-0.39, 0.29) is 22.3 Å². The first-order valence-corrected chi connectivity index (χ1v) is 21.2. The Morgan fingerprint density at radius 1 is 0.281 bits per heavy atom. The summed E-state index contributed by atoms with van der Waals surface area (Å²) in [5.74, 6) is 0. The molecule has 0 radical (unpaired) electrons. The van der Waals surface area contributed by atoms with Crippen LogP contribution in [0.25, 0.3) is 121 Å². The Kier molecular flexibility index (Phi) is 5.60. The van der Waals surface area contributed by atoms with Gasteiger partial charge in [-0.25, -0.2) is 0 Å². The Morgan fingerprint density at radius 3 is 1.33 bits per heavy atom. The van der Waals surface area contributed by atoms with E-state index in [2.05, 4.69) is 135 Å². The Bertz CT molecular complexity index is 4520. The van der Waals surface area contributed by atoms with Gasteiger partial charge in [0, 0.05) is 60.5 Å². The second-order valence-corrected chi connectivity index (χ2v) is 16.2. The number of rotatable bonds is 6. The Labute approximate surface area is 382 Å². The largest absolute Gasteiger partial charge is 0.309 e. The third-order valence-electron chi connectivity index (χ3n) is 12.9. The third kappa shape index (κ3) is 4.88. The smallest absolute Gasteiger partial charge is 0.0629 e. The molecular formula is C60H38N4. The van der Waals surface area contributed by atoms with Gasteiger partial charge in [-0.3, -0.25) is 0 Å². The maximum Gasteiger partial charge on any atom is 0.0629 e. The molecule has 0 N–H and O–H groups in total. The zero-order chi connectivity index (χ0) is 50.6. The predicted molar refractivity (Wildman–Crippen MR) is 268 cm³/mol. The van der Waals surface area contributed by atoms with Crippen LogP contribution in [0.3, 0.4) is 0 Å². The lowest BCUT2D eigenvalue weighted by molar-refractivity contribution is 1.15. The van der Waals surface area contributed by atoms with Gasteiger partial charge in [0.1, 0.15) is 0 Å². The molecule has 0 amide bonds. The van der Waals surface area contributed by atoms with Gasteiger partial charge in [-0.2, -0.15) is 0 Å². The molecule has 0 bridgehead atoms. The minimum absolute atomic E-state index is 0.0856. The van der Waals surface area contributed by atoms with Crippen molar-refractivity contribution in [3.8, 4) is 45.0 Å². The van der Waals surface area contributed by atoms with Crippen LogP contribution in [0.4, 0.5) is 0 Å². The van der Waals surface area contributed by atoms with Crippen molar-refractivity contribution in [2.45, 2.75) is 0 Å². The Balaban J connectivity index is 1.04. The standard InChI is InChI=1S/C60H38N4/c1-4-17-39(18-5-1)44-25-14-26-45(40-19-6-2-7-20-40)60(44)64-51-28-13-10-23-46(51)48-35-33-43(38-57(48)64)63-55-31-15-29-53-58(55)59-54(30-16-32-56(59)63)62(53)42-34-36-52-49(37-42)47-24-11-12-27-50(47)61(52)41-21-8-3-9-22-41/h1-38H/i1D,2D,4D,5D,6D,7D,17D,18D,19D,20D. The Morgan fingerprint density at radius 2 is 0.719 bits per heavy atom. The fourth-order valence-corrected chi connectivity index (χ4v) is 10.4. The van der Waals surface area contributed by atoms with Crippen LogP contribution in [0.5, 0.6) is 0 Å². The summed E-state index contributed by atoms with van der Waals surface area (Å²) >= 11 is 0.